The smallest absolute Gasteiger partial charge is 0.406 e. The first-order valence-corrected chi connectivity index (χ1v) is 8.98. The first kappa shape index (κ1) is 19.0. The second kappa shape index (κ2) is 7.10. The molecule has 0 aromatic heterocycles. The molecule has 1 aliphatic carbocycles. The van der Waals surface area contributed by atoms with Crippen LogP contribution in [0.3, 0.4) is 0 Å². The molecule has 1 aromatic carbocycles. The molecule has 144 valence electrons. The van der Waals surface area contributed by atoms with E-state index in [2.05, 4.69) is 4.74 Å². The third-order valence-electron chi connectivity index (χ3n) is 5.35. The number of hydrogen-bond donors (Lipinski definition) is 1. The standard InChI is InChI=1S/C19H24F3NO3/c1-18(25)11-15(12-18)17(24)23-8-6-13(7-9-23)10-14-4-2-3-5-16(14)26-19(20,21)22/h2-5,13,15,25H,6-12H2,1H3/t15-,18+. The Balaban J connectivity index is 1.53. The van der Waals surface area contributed by atoms with E-state index in [-0.39, 0.29) is 23.5 Å². The fraction of sp³-hybridized carbons (Fsp3) is 0.632. The summed E-state index contributed by atoms with van der Waals surface area (Å²) in [6, 6.07) is 6.23. The van der Waals surface area contributed by atoms with E-state index in [9.17, 15) is 23.1 Å². The highest BCUT2D eigenvalue weighted by Crippen LogP contribution is 2.39. The summed E-state index contributed by atoms with van der Waals surface area (Å²) in [5.41, 5.74) is -0.175. The molecular weight excluding hydrogens is 347 g/mol. The number of halogens is 3. The molecule has 0 spiro atoms. The highest BCUT2D eigenvalue weighted by molar-refractivity contribution is 5.80. The summed E-state index contributed by atoms with van der Waals surface area (Å²) < 4.78 is 41.7. The average molecular weight is 371 g/mol. The van der Waals surface area contributed by atoms with Gasteiger partial charge < -0.3 is 14.7 Å². The molecule has 1 aromatic rings. The van der Waals surface area contributed by atoms with Crippen molar-refractivity contribution >= 4 is 5.91 Å². The molecule has 1 amide bonds. The number of ether oxygens (including phenoxy) is 1. The molecule has 0 unspecified atom stereocenters. The summed E-state index contributed by atoms with van der Waals surface area (Å²) in [6.07, 6.45) is -1.66. The predicted octanol–water partition coefficient (Wildman–Crippen LogP) is 3.53. The number of rotatable bonds is 4. The second-order valence-electron chi connectivity index (χ2n) is 7.73. The van der Waals surface area contributed by atoms with Crippen LogP contribution in [0.15, 0.2) is 24.3 Å². The van der Waals surface area contributed by atoms with Crippen molar-refractivity contribution in [2.24, 2.45) is 11.8 Å². The van der Waals surface area contributed by atoms with E-state index in [0.717, 1.165) is 12.8 Å². The van der Waals surface area contributed by atoms with E-state index in [1.54, 1.807) is 19.1 Å². The molecule has 1 aliphatic heterocycles. The van der Waals surface area contributed by atoms with Gasteiger partial charge >= 0.3 is 6.36 Å². The lowest BCUT2D eigenvalue weighted by atomic mass is 9.71. The molecule has 0 bridgehead atoms. The lowest BCUT2D eigenvalue weighted by Gasteiger charge is -2.43. The SMILES string of the molecule is C[C@]1(O)C[C@@H](C(=O)N2CCC(Cc3ccccc3OC(F)(F)F)CC2)C1. The van der Waals surface area contributed by atoms with Crippen molar-refractivity contribution in [3.8, 4) is 5.75 Å². The van der Waals surface area contributed by atoms with Crippen LogP contribution in [-0.4, -0.2) is 41.0 Å². The molecule has 0 radical (unpaired) electrons. The molecule has 26 heavy (non-hydrogen) atoms. The number of para-hydroxylation sites is 1. The van der Waals surface area contributed by atoms with E-state index >= 15 is 0 Å². The van der Waals surface area contributed by atoms with E-state index in [1.807, 2.05) is 4.90 Å². The number of likely N-dealkylation sites (tertiary alicyclic amines) is 1. The summed E-state index contributed by atoms with van der Waals surface area (Å²) in [4.78, 5) is 14.2. The number of piperidine rings is 1. The summed E-state index contributed by atoms with van der Waals surface area (Å²) in [6.45, 7) is 2.97. The maximum atomic E-state index is 12.5. The Hall–Kier alpha value is -1.76. The van der Waals surface area contributed by atoms with Gasteiger partial charge in [0, 0.05) is 19.0 Å². The second-order valence-corrected chi connectivity index (χ2v) is 7.73. The van der Waals surface area contributed by atoms with Crippen LogP contribution < -0.4 is 4.74 Å². The lowest BCUT2D eigenvalue weighted by Crippen LogP contribution is -2.51. The van der Waals surface area contributed by atoms with Gasteiger partial charge in [-0.05, 0) is 56.6 Å². The van der Waals surface area contributed by atoms with Crippen LogP contribution in [0.2, 0.25) is 0 Å². The normalized spacial score (nSPS) is 27.1. The number of carbonyl (C=O) groups excluding carboxylic acids is 1. The summed E-state index contributed by atoms with van der Waals surface area (Å²) in [5, 5.41) is 9.78. The third-order valence-corrected chi connectivity index (χ3v) is 5.35. The van der Waals surface area contributed by atoms with Gasteiger partial charge in [0.25, 0.3) is 0 Å². The number of aliphatic hydroxyl groups is 1. The highest BCUT2D eigenvalue weighted by atomic mass is 19.4. The molecule has 7 heteroatoms. The van der Waals surface area contributed by atoms with E-state index < -0.39 is 12.0 Å². The average Bonchev–Trinajstić information content (AvgIpc) is 2.53. The zero-order valence-electron chi connectivity index (χ0n) is 14.8. The van der Waals surface area contributed by atoms with Crippen molar-refractivity contribution in [3.63, 3.8) is 0 Å². The number of nitrogens with zero attached hydrogens (tertiary/aromatic N) is 1. The molecular formula is C19H24F3NO3. The van der Waals surface area contributed by atoms with Crippen molar-refractivity contribution in [1.82, 2.24) is 4.90 Å². The fourth-order valence-electron chi connectivity index (χ4n) is 4.00. The predicted molar refractivity (Wildman–Crippen MR) is 89.5 cm³/mol. The quantitative estimate of drug-likeness (QED) is 0.881. The Labute approximate surface area is 150 Å². The van der Waals surface area contributed by atoms with Crippen LogP contribution in [0.25, 0.3) is 0 Å². The van der Waals surface area contributed by atoms with Crippen LogP contribution in [0.4, 0.5) is 13.2 Å². The topological polar surface area (TPSA) is 49.8 Å². The van der Waals surface area contributed by atoms with E-state index in [1.165, 1.54) is 12.1 Å². The van der Waals surface area contributed by atoms with E-state index in [0.29, 0.717) is 37.9 Å². The molecule has 1 heterocycles. The van der Waals surface area contributed by atoms with Gasteiger partial charge in [-0.1, -0.05) is 18.2 Å². The zero-order chi connectivity index (χ0) is 18.9. The molecule has 4 nitrogen and oxygen atoms in total. The van der Waals surface area contributed by atoms with Crippen LogP contribution in [-0.2, 0) is 11.2 Å². The van der Waals surface area contributed by atoms with Gasteiger partial charge in [0.1, 0.15) is 5.75 Å². The zero-order valence-corrected chi connectivity index (χ0v) is 14.8. The van der Waals surface area contributed by atoms with Crippen molar-refractivity contribution in [2.75, 3.05) is 13.1 Å². The minimum Gasteiger partial charge on any atom is -0.406 e. The Morgan fingerprint density at radius 1 is 1.27 bits per heavy atom. The number of amides is 1. The highest BCUT2D eigenvalue weighted by Gasteiger charge is 2.44. The van der Waals surface area contributed by atoms with Crippen molar-refractivity contribution in [1.29, 1.82) is 0 Å². The molecule has 0 atom stereocenters. The molecule has 2 fully saturated rings. The first-order chi connectivity index (χ1) is 12.1. The number of benzene rings is 1. The Morgan fingerprint density at radius 2 is 1.88 bits per heavy atom. The Bertz CT molecular complexity index is 644. The van der Waals surface area contributed by atoms with Gasteiger partial charge in [-0.25, -0.2) is 0 Å². The van der Waals surface area contributed by atoms with Crippen molar-refractivity contribution in [3.05, 3.63) is 29.8 Å². The monoisotopic (exact) mass is 371 g/mol. The van der Waals surface area contributed by atoms with Gasteiger partial charge in [0.05, 0.1) is 5.60 Å². The number of hydrogen-bond acceptors (Lipinski definition) is 3. The Morgan fingerprint density at radius 3 is 2.46 bits per heavy atom. The molecule has 1 saturated carbocycles. The van der Waals surface area contributed by atoms with Gasteiger partial charge in [-0.3, -0.25) is 4.79 Å². The third kappa shape index (κ3) is 4.69. The van der Waals surface area contributed by atoms with E-state index in [4.69, 9.17) is 0 Å². The maximum absolute atomic E-state index is 12.5. The molecule has 1 saturated heterocycles. The fourth-order valence-corrected chi connectivity index (χ4v) is 4.00. The summed E-state index contributed by atoms with van der Waals surface area (Å²) in [5.74, 6) is 0.0787. The van der Waals surface area contributed by atoms with Crippen molar-refractivity contribution < 1.29 is 27.8 Å². The minimum absolute atomic E-state index is 0.0933. The van der Waals surface area contributed by atoms with Crippen molar-refractivity contribution in [2.45, 2.75) is 51.0 Å². The number of alkyl halides is 3. The van der Waals surface area contributed by atoms with Gasteiger partial charge in [-0.15, -0.1) is 13.2 Å². The first-order valence-electron chi connectivity index (χ1n) is 8.98. The van der Waals surface area contributed by atoms with Crippen LogP contribution in [0, 0.1) is 11.8 Å². The van der Waals surface area contributed by atoms with Crippen LogP contribution in [0.1, 0.15) is 38.2 Å². The van der Waals surface area contributed by atoms with Gasteiger partial charge in [0.2, 0.25) is 5.91 Å². The minimum atomic E-state index is -4.70. The van der Waals surface area contributed by atoms with Gasteiger partial charge in [-0.2, -0.15) is 0 Å². The van der Waals surface area contributed by atoms with Gasteiger partial charge in [0.15, 0.2) is 0 Å². The lowest BCUT2D eigenvalue weighted by molar-refractivity contribution is -0.274. The Kier molecular flexibility index (Phi) is 5.19. The summed E-state index contributed by atoms with van der Waals surface area (Å²) in [7, 11) is 0. The molecule has 1 N–H and O–H groups in total. The maximum Gasteiger partial charge on any atom is 0.573 e. The molecule has 2 aliphatic rings. The van der Waals surface area contributed by atoms with Crippen LogP contribution in [0.5, 0.6) is 5.75 Å². The summed E-state index contributed by atoms with van der Waals surface area (Å²) >= 11 is 0. The molecule has 3 rings (SSSR count). The number of carbonyl (C=O) groups is 1. The van der Waals surface area contributed by atoms with Crippen LogP contribution >= 0.6 is 0 Å². The largest absolute Gasteiger partial charge is 0.573 e.